The van der Waals surface area contributed by atoms with Crippen LogP contribution < -0.4 is 10.2 Å². The summed E-state index contributed by atoms with van der Waals surface area (Å²) in [6, 6.07) is 8.88. The Bertz CT molecular complexity index is 1290. The molecule has 9 nitrogen and oxygen atoms in total. The quantitative estimate of drug-likeness (QED) is 0.495. The summed E-state index contributed by atoms with van der Waals surface area (Å²) >= 11 is 5.89. The number of piperidine rings is 1. The number of carbonyl (C=O) groups is 1. The lowest BCUT2D eigenvalue weighted by Gasteiger charge is -2.33. The molecule has 0 aliphatic carbocycles. The van der Waals surface area contributed by atoms with Gasteiger partial charge in [0.25, 0.3) is 0 Å². The number of nitrogens with one attached hydrogen (secondary N) is 1. The zero-order valence-corrected chi connectivity index (χ0v) is 19.9. The number of anilines is 2. The van der Waals surface area contributed by atoms with Crippen molar-refractivity contribution in [2.45, 2.75) is 38.8 Å². The Balaban J connectivity index is 1.78. The highest BCUT2D eigenvalue weighted by Crippen LogP contribution is 2.31. The monoisotopic (exact) mass is 480 g/mol. The van der Waals surface area contributed by atoms with Gasteiger partial charge in [0.05, 0.1) is 28.9 Å². The van der Waals surface area contributed by atoms with Gasteiger partial charge in [-0.05, 0) is 50.5 Å². The average molecular weight is 481 g/mol. The number of carboxylic acids is 1. The minimum Gasteiger partial charge on any atom is -0.476 e. The van der Waals surface area contributed by atoms with Gasteiger partial charge in [-0.3, -0.25) is 0 Å². The zero-order chi connectivity index (χ0) is 24.4. The number of ether oxygens (including phenoxy) is 1. The maximum absolute atomic E-state index is 11.7. The number of methoxy groups -OCH3 is 1. The van der Waals surface area contributed by atoms with Crippen molar-refractivity contribution in [2.75, 3.05) is 30.4 Å². The summed E-state index contributed by atoms with van der Waals surface area (Å²) in [5.41, 5.74) is 3.51. The number of fused-ring (bicyclic) bond motifs is 1. The second kappa shape index (κ2) is 9.79. The molecule has 34 heavy (non-hydrogen) atoms. The van der Waals surface area contributed by atoms with Gasteiger partial charge >= 0.3 is 5.97 Å². The maximum atomic E-state index is 11.7. The number of hydrogen-bond acceptors (Lipinski definition) is 8. The van der Waals surface area contributed by atoms with Gasteiger partial charge in [-0.15, -0.1) is 0 Å². The number of aromatic carboxylic acids is 1. The van der Waals surface area contributed by atoms with E-state index in [0.717, 1.165) is 30.5 Å². The van der Waals surface area contributed by atoms with E-state index in [4.69, 9.17) is 21.3 Å². The second-order valence-corrected chi connectivity index (χ2v) is 8.76. The third-order valence-corrected chi connectivity index (χ3v) is 6.16. The van der Waals surface area contributed by atoms with Gasteiger partial charge in [-0.1, -0.05) is 17.7 Å². The molecule has 3 aromatic rings. The smallest absolute Gasteiger partial charge is 0.356 e. The summed E-state index contributed by atoms with van der Waals surface area (Å²) in [6.45, 7) is 5.26. The molecule has 0 unspecified atom stereocenters. The number of aromatic nitrogens is 3. The number of nitrogens with zero attached hydrogens (tertiary/aromatic N) is 5. The predicted octanol–water partition coefficient (Wildman–Crippen LogP) is 4.34. The molecule has 2 N–H and O–H groups in total. The number of halogens is 1. The second-order valence-electron chi connectivity index (χ2n) is 8.38. The molecule has 3 heterocycles. The lowest BCUT2D eigenvalue weighted by Crippen LogP contribution is -2.40. The Hall–Kier alpha value is -3.48. The van der Waals surface area contributed by atoms with E-state index in [1.165, 1.54) is 6.07 Å². The van der Waals surface area contributed by atoms with Crippen LogP contribution in [0.3, 0.4) is 0 Å². The van der Waals surface area contributed by atoms with Crippen LogP contribution in [0.5, 0.6) is 0 Å². The largest absolute Gasteiger partial charge is 0.476 e. The van der Waals surface area contributed by atoms with Gasteiger partial charge in [0.1, 0.15) is 11.2 Å². The fourth-order valence-electron chi connectivity index (χ4n) is 4.30. The summed E-state index contributed by atoms with van der Waals surface area (Å²) in [7, 11) is 1.69. The molecular formula is C24H25ClN6O3. The molecule has 4 rings (SSSR count). The average Bonchev–Trinajstić information content (AvgIpc) is 2.83. The highest BCUT2D eigenvalue weighted by Gasteiger charge is 2.25. The Morgan fingerprint density at radius 1 is 1.35 bits per heavy atom. The van der Waals surface area contributed by atoms with Crippen LogP contribution in [0.4, 0.5) is 11.5 Å². The van der Waals surface area contributed by atoms with Crippen LogP contribution in [0.15, 0.2) is 24.3 Å². The Labute approximate surface area is 202 Å². The van der Waals surface area contributed by atoms with E-state index in [1.807, 2.05) is 26.0 Å². The summed E-state index contributed by atoms with van der Waals surface area (Å²) in [4.78, 5) is 27.2. The molecule has 0 amide bonds. The first-order valence-electron chi connectivity index (χ1n) is 11.0. The van der Waals surface area contributed by atoms with Crippen LogP contribution in [0.25, 0.3) is 11.0 Å². The lowest BCUT2D eigenvalue weighted by molar-refractivity contribution is 0.0691. The lowest BCUT2D eigenvalue weighted by atomic mass is 10.0. The van der Waals surface area contributed by atoms with Crippen molar-refractivity contribution in [3.8, 4) is 6.07 Å². The van der Waals surface area contributed by atoms with Gasteiger partial charge in [-0.25, -0.2) is 19.7 Å². The molecular weight excluding hydrogens is 456 g/mol. The normalized spacial score (nSPS) is 16.8. The standard InChI is InChI=1S/C24H25ClN6O3/c1-13-9-16(14(2)27-17-6-7-20(25)29-22(17)24(32)33)21-18(10-13)28-19(11-26)23(30-21)31-8-4-5-15(12-31)34-3/h6-7,9-10,14-15,27H,4-5,8,12H2,1-3H3,(H,32,33)/t14-,15-/m1/s1. The van der Waals surface area contributed by atoms with Crippen LogP contribution in [0, 0.1) is 18.3 Å². The maximum Gasteiger partial charge on any atom is 0.356 e. The molecule has 176 valence electrons. The van der Waals surface area contributed by atoms with E-state index in [1.54, 1.807) is 13.2 Å². The van der Waals surface area contributed by atoms with Crippen molar-refractivity contribution in [1.82, 2.24) is 15.0 Å². The fourth-order valence-corrected chi connectivity index (χ4v) is 4.45. The predicted molar refractivity (Wildman–Crippen MR) is 129 cm³/mol. The Morgan fingerprint density at radius 2 is 2.15 bits per heavy atom. The van der Waals surface area contributed by atoms with Crippen LogP contribution in [0.1, 0.15) is 53.1 Å². The van der Waals surface area contributed by atoms with Crippen LogP contribution in [-0.4, -0.2) is 52.3 Å². The molecule has 1 aliphatic rings. The minimum absolute atomic E-state index is 0.0720. The van der Waals surface area contributed by atoms with Gasteiger partial charge in [0, 0.05) is 25.8 Å². The van der Waals surface area contributed by atoms with Crippen molar-refractivity contribution in [3.05, 3.63) is 51.9 Å². The van der Waals surface area contributed by atoms with E-state index >= 15 is 0 Å². The summed E-state index contributed by atoms with van der Waals surface area (Å²) in [6.07, 6.45) is 1.97. The minimum atomic E-state index is -1.18. The summed E-state index contributed by atoms with van der Waals surface area (Å²) < 4.78 is 5.54. The van der Waals surface area contributed by atoms with Crippen molar-refractivity contribution in [1.29, 1.82) is 5.26 Å². The van der Waals surface area contributed by atoms with Crippen LogP contribution in [-0.2, 0) is 4.74 Å². The number of benzene rings is 1. The first-order valence-corrected chi connectivity index (χ1v) is 11.3. The van der Waals surface area contributed by atoms with Crippen LogP contribution >= 0.6 is 11.6 Å². The highest BCUT2D eigenvalue weighted by molar-refractivity contribution is 6.29. The van der Waals surface area contributed by atoms with Crippen molar-refractivity contribution in [2.24, 2.45) is 0 Å². The molecule has 0 spiro atoms. The number of pyridine rings is 1. The van der Waals surface area contributed by atoms with Crippen molar-refractivity contribution in [3.63, 3.8) is 0 Å². The van der Waals surface area contributed by atoms with Gasteiger partial charge in [0.15, 0.2) is 17.2 Å². The number of carboxylic acid groups (broad SMARTS) is 1. The van der Waals surface area contributed by atoms with Gasteiger partial charge in [-0.2, -0.15) is 5.26 Å². The zero-order valence-electron chi connectivity index (χ0n) is 19.2. The number of aryl methyl sites for hydroxylation is 1. The Kier molecular flexibility index (Phi) is 6.82. The summed E-state index contributed by atoms with van der Waals surface area (Å²) in [5.74, 6) is -0.640. The molecule has 0 radical (unpaired) electrons. The van der Waals surface area contributed by atoms with Crippen molar-refractivity contribution < 1.29 is 14.6 Å². The van der Waals surface area contributed by atoms with E-state index in [-0.39, 0.29) is 28.7 Å². The molecule has 10 heteroatoms. The SMILES string of the molecule is CO[C@@H]1CCCN(c2nc3c([C@@H](C)Nc4ccc(Cl)nc4C(=O)O)cc(C)cc3nc2C#N)C1. The molecule has 0 saturated carbocycles. The topological polar surface area (TPSA) is 124 Å². The molecule has 2 aromatic heterocycles. The first kappa shape index (κ1) is 23.7. The molecule has 0 bridgehead atoms. The number of hydrogen-bond donors (Lipinski definition) is 2. The third kappa shape index (κ3) is 4.74. The number of rotatable bonds is 6. The first-order chi connectivity index (χ1) is 16.3. The van der Waals surface area contributed by atoms with E-state index in [9.17, 15) is 15.2 Å². The molecule has 1 fully saturated rings. The van der Waals surface area contributed by atoms with E-state index in [0.29, 0.717) is 29.1 Å². The fraction of sp³-hybridized carbons (Fsp3) is 0.375. The molecule has 1 saturated heterocycles. The highest BCUT2D eigenvalue weighted by atomic mass is 35.5. The van der Waals surface area contributed by atoms with Gasteiger partial charge in [0.2, 0.25) is 0 Å². The molecule has 2 atom stereocenters. The Morgan fingerprint density at radius 3 is 2.85 bits per heavy atom. The van der Waals surface area contributed by atoms with E-state index < -0.39 is 5.97 Å². The summed E-state index contributed by atoms with van der Waals surface area (Å²) in [5, 5.41) is 22.7. The van der Waals surface area contributed by atoms with Crippen LogP contribution in [0.2, 0.25) is 5.15 Å². The third-order valence-electron chi connectivity index (χ3n) is 5.94. The molecule has 1 aromatic carbocycles. The van der Waals surface area contributed by atoms with Crippen molar-refractivity contribution >= 4 is 40.1 Å². The van der Waals surface area contributed by atoms with E-state index in [2.05, 4.69) is 26.3 Å². The molecule has 1 aliphatic heterocycles. The van der Waals surface area contributed by atoms with Gasteiger partial charge < -0.3 is 20.1 Å². The number of nitriles is 1.